The SMILES string of the molecule is CCC(N)Cc1cc(Cl)ccc1N(CC)C(C)C. The predicted molar refractivity (Wildman–Crippen MR) is 81.6 cm³/mol. The van der Waals surface area contributed by atoms with Gasteiger partial charge in [0.15, 0.2) is 0 Å². The monoisotopic (exact) mass is 268 g/mol. The Kier molecular flexibility index (Phi) is 5.97. The number of nitrogens with zero attached hydrogens (tertiary/aromatic N) is 1. The topological polar surface area (TPSA) is 29.3 Å². The second-order valence-electron chi connectivity index (χ2n) is 5.03. The third kappa shape index (κ3) is 3.89. The molecule has 1 aromatic rings. The first-order valence-electron chi connectivity index (χ1n) is 6.80. The van der Waals surface area contributed by atoms with Crippen LogP contribution in [0, 0.1) is 0 Å². The van der Waals surface area contributed by atoms with Gasteiger partial charge in [-0.3, -0.25) is 0 Å². The van der Waals surface area contributed by atoms with Gasteiger partial charge in [0.25, 0.3) is 0 Å². The number of hydrogen-bond acceptors (Lipinski definition) is 2. The van der Waals surface area contributed by atoms with Gasteiger partial charge in [-0.25, -0.2) is 0 Å². The summed E-state index contributed by atoms with van der Waals surface area (Å²) in [6.45, 7) is 9.71. The first-order chi connectivity index (χ1) is 8.49. The number of hydrogen-bond donors (Lipinski definition) is 1. The maximum atomic E-state index is 6.11. The van der Waals surface area contributed by atoms with Crippen LogP contribution in [0.25, 0.3) is 0 Å². The zero-order valence-corrected chi connectivity index (χ0v) is 12.7. The standard InChI is InChI=1S/C15H25ClN2/c1-5-14(17)10-12-9-13(16)7-8-15(12)18(6-2)11(3)4/h7-9,11,14H,5-6,10,17H2,1-4H3. The van der Waals surface area contributed by atoms with Gasteiger partial charge in [0.1, 0.15) is 0 Å². The lowest BCUT2D eigenvalue weighted by Gasteiger charge is -2.30. The van der Waals surface area contributed by atoms with Crippen molar-refractivity contribution >= 4 is 17.3 Å². The normalized spacial score (nSPS) is 12.8. The molecule has 2 nitrogen and oxygen atoms in total. The van der Waals surface area contributed by atoms with Gasteiger partial charge in [-0.1, -0.05) is 18.5 Å². The van der Waals surface area contributed by atoms with E-state index >= 15 is 0 Å². The second kappa shape index (κ2) is 7.01. The predicted octanol–water partition coefficient (Wildman–Crippen LogP) is 3.85. The summed E-state index contributed by atoms with van der Waals surface area (Å²) in [6.07, 6.45) is 1.87. The lowest BCUT2D eigenvalue weighted by Crippen LogP contribution is -2.32. The number of benzene rings is 1. The average molecular weight is 269 g/mol. The van der Waals surface area contributed by atoms with Gasteiger partial charge in [0, 0.05) is 29.3 Å². The Morgan fingerprint density at radius 3 is 2.44 bits per heavy atom. The van der Waals surface area contributed by atoms with E-state index in [0.717, 1.165) is 24.4 Å². The highest BCUT2D eigenvalue weighted by Gasteiger charge is 2.14. The van der Waals surface area contributed by atoms with Gasteiger partial charge < -0.3 is 10.6 Å². The van der Waals surface area contributed by atoms with E-state index < -0.39 is 0 Å². The fourth-order valence-electron chi connectivity index (χ4n) is 2.24. The van der Waals surface area contributed by atoms with Crippen LogP contribution in [0.4, 0.5) is 5.69 Å². The van der Waals surface area contributed by atoms with E-state index in [1.54, 1.807) is 0 Å². The molecular formula is C15H25ClN2. The minimum absolute atomic E-state index is 0.202. The van der Waals surface area contributed by atoms with Crippen molar-refractivity contribution in [1.29, 1.82) is 0 Å². The molecule has 0 saturated carbocycles. The molecule has 1 unspecified atom stereocenters. The van der Waals surface area contributed by atoms with Gasteiger partial charge in [-0.05, 0) is 57.4 Å². The van der Waals surface area contributed by atoms with Crippen molar-refractivity contribution in [2.75, 3.05) is 11.4 Å². The molecule has 1 rings (SSSR count). The molecule has 3 heteroatoms. The summed E-state index contributed by atoms with van der Waals surface area (Å²) in [5.74, 6) is 0. The number of anilines is 1. The molecule has 0 amide bonds. The minimum Gasteiger partial charge on any atom is -0.369 e. The third-order valence-electron chi connectivity index (χ3n) is 3.32. The van der Waals surface area contributed by atoms with Crippen LogP contribution in [0.5, 0.6) is 0 Å². The summed E-state index contributed by atoms with van der Waals surface area (Å²) < 4.78 is 0. The Hall–Kier alpha value is -0.730. The van der Waals surface area contributed by atoms with Crippen molar-refractivity contribution < 1.29 is 0 Å². The summed E-state index contributed by atoms with van der Waals surface area (Å²) in [4.78, 5) is 2.38. The molecule has 0 aliphatic rings. The van der Waals surface area contributed by atoms with Crippen LogP contribution in [0.15, 0.2) is 18.2 Å². The largest absolute Gasteiger partial charge is 0.369 e. The van der Waals surface area contributed by atoms with Gasteiger partial charge in [0.05, 0.1) is 0 Å². The highest BCUT2D eigenvalue weighted by atomic mass is 35.5. The maximum absolute atomic E-state index is 6.11. The van der Waals surface area contributed by atoms with E-state index in [0.29, 0.717) is 6.04 Å². The molecule has 0 aliphatic heterocycles. The molecule has 18 heavy (non-hydrogen) atoms. The Morgan fingerprint density at radius 1 is 1.28 bits per heavy atom. The van der Waals surface area contributed by atoms with Gasteiger partial charge in [-0.2, -0.15) is 0 Å². The molecule has 0 saturated heterocycles. The van der Waals surface area contributed by atoms with E-state index in [2.05, 4.69) is 44.7 Å². The molecule has 1 atom stereocenters. The average Bonchev–Trinajstić information content (AvgIpc) is 2.32. The molecule has 0 aliphatic carbocycles. The molecule has 0 fully saturated rings. The van der Waals surface area contributed by atoms with Crippen molar-refractivity contribution in [2.24, 2.45) is 5.73 Å². The fraction of sp³-hybridized carbons (Fsp3) is 0.600. The summed E-state index contributed by atoms with van der Waals surface area (Å²) >= 11 is 6.11. The lowest BCUT2D eigenvalue weighted by atomic mass is 10.0. The van der Waals surface area contributed by atoms with E-state index in [-0.39, 0.29) is 6.04 Å². The Morgan fingerprint density at radius 2 is 1.94 bits per heavy atom. The van der Waals surface area contributed by atoms with Gasteiger partial charge in [-0.15, -0.1) is 0 Å². The molecule has 0 spiro atoms. The summed E-state index contributed by atoms with van der Waals surface area (Å²) in [6, 6.07) is 6.81. The quantitative estimate of drug-likeness (QED) is 0.849. The van der Waals surface area contributed by atoms with E-state index in [9.17, 15) is 0 Å². The third-order valence-corrected chi connectivity index (χ3v) is 3.56. The van der Waals surface area contributed by atoms with Crippen LogP contribution in [-0.4, -0.2) is 18.6 Å². The van der Waals surface area contributed by atoms with Crippen molar-refractivity contribution in [3.8, 4) is 0 Å². The van der Waals surface area contributed by atoms with E-state index in [1.807, 2.05) is 6.07 Å². The summed E-state index contributed by atoms with van der Waals surface area (Å²) in [7, 11) is 0. The van der Waals surface area contributed by atoms with Crippen LogP contribution >= 0.6 is 11.6 Å². The zero-order chi connectivity index (χ0) is 13.7. The molecular weight excluding hydrogens is 244 g/mol. The second-order valence-corrected chi connectivity index (χ2v) is 5.46. The summed E-state index contributed by atoms with van der Waals surface area (Å²) in [5, 5.41) is 0.789. The van der Waals surface area contributed by atoms with Crippen LogP contribution in [0.1, 0.15) is 39.7 Å². The van der Waals surface area contributed by atoms with Crippen molar-refractivity contribution in [1.82, 2.24) is 0 Å². The maximum Gasteiger partial charge on any atom is 0.0410 e. The van der Waals surface area contributed by atoms with E-state index in [1.165, 1.54) is 11.3 Å². The highest BCUT2D eigenvalue weighted by molar-refractivity contribution is 6.30. The van der Waals surface area contributed by atoms with Crippen LogP contribution in [-0.2, 0) is 6.42 Å². The first-order valence-corrected chi connectivity index (χ1v) is 7.18. The number of halogens is 1. The smallest absolute Gasteiger partial charge is 0.0410 e. The molecule has 102 valence electrons. The molecule has 2 N–H and O–H groups in total. The van der Waals surface area contributed by atoms with Gasteiger partial charge in [0.2, 0.25) is 0 Å². The molecule has 0 aromatic heterocycles. The lowest BCUT2D eigenvalue weighted by molar-refractivity contribution is 0.638. The molecule has 0 bridgehead atoms. The Bertz CT molecular complexity index is 377. The molecule has 0 heterocycles. The fourth-order valence-corrected chi connectivity index (χ4v) is 2.43. The number of nitrogens with two attached hydrogens (primary N) is 1. The van der Waals surface area contributed by atoms with Gasteiger partial charge >= 0.3 is 0 Å². The molecule has 0 radical (unpaired) electrons. The van der Waals surface area contributed by atoms with E-state index in [4.69, 9.17) is 17.3 Å². The van der Waals surface area contributed by atoms with Crippen molar-refractivity contribution in [3.05, 3.63) is 28.8 Å². The number of rotatable bonds is 6. The Balaban J connectivity index is 3.09. The van der Waals surface area contributed by atoms with Crippen LogP contribution < -0.4 is 10.6 Å². The Labute approximate surface area is 116 Å². The van der Waals surface area contributed by atoms with Crippen molar-refractivity contribution in [2.45, 2.75) is 52.6 Å². The van der Waals surface area contributed by atoms with Crippen LogP contribution in [0.2, 0.25) is 5.02 Å². The van der Waals surface area contributed by atoms with Crippen LogP contribution in [0.3, 0.4) is 0 Å². The highest BCUT2D eigenvalue weighted by Crippen LogP contribution is 2.27. The first kappa shape index (κ1) is 15.3. The minimum atomic E-state index is 0.202. The zero-order valence-electron chi connectivity index (χ0n) is 11.9. The van der Waals surface area contributed by atoms with Crippen molar-refractivity contribution in [3.63, 3.8) is 0 Å². The summed E-state index contributed by atoms with van der Waals surface area (Å²) in [5.41, 5.74) is 8.60. The molecule has 1 aromatic carbocycles.